The van der Waals surface area contributed by atoms with Gasteiger partial charge in [-0.3, -0.25) is 10.1 Å². The standard InChI is InChI=1S/C23H21FN4O3S/c1-3-30-19-10-7-16(12-20(19)31-4-2)13-21-27-28-23(32-21)26-22(29)17(14-25)11-15-5-8-18(24)9-6-15/h5-12H,3-4,13H2,1-2H3,(H,26,28,29)/b17-11-. The number of amides is 1. The summed E-state index contributed by atoms with van der Waals surface area (Å²) in [6.07, 6.45) is 1.88. The molecule has 7 nitrogen and oxygen atoms in total. The zero-order valence-corrected chi connectivity index (χ0v) is 18.4. The molecular weight excluding hydrogens is 431 g/mol. The molecule has 0 saturated heterocycles. The number of benzene rings is 2. The van der Waals surface area contributed by atoms with E-state index in [1.807, 2.05) is 38.1 Å². The van der Waals surface area contributed by atoms with Crippen LogP contribution in [0.4, 0.5) is 9.52 Å². The normalized spacial score (nSPS) is 11.0. The molecule has 0 radical (unpaired) electrons. The second-order valence-electron chi connectivity index (χ2n) is 6.50. The van der Waals surface area contributed by atoms with Gasteiger partial charge in [0.05, 0.1) is 13.2 Å². The minimum absolute atomic E-state index is 0.124. The van der Waals surface area contributed by atoms with E-state index in [2.05, 4.69) is 15.5 Å². The van der Waals surface area contributed by atoms with Crippen molar-refractivity contribution in [3.63, 3.8) is 0 Å². The third-order valence-electron chi connectivity index (χ3n) is 4.20. The van der Waals surface area contributed by atoms with Crippen LogP contribution in [0.5, 0.6) is 11.5 Å². The Morgan fingerprint density at radius 1 is 1.12 bits per heavy atom. The van der Waals surface area contributed by atoms with Crippen LogP contribution < -0.4 is 14.8 Å². The number of carbonyl (C=O) groups excluding carboxylic acids is 1. The highest BCUT2D eigenvalue weighted by molar-refractivity contribution is 7.15. The summed E-state index contributed by atoms with van der Waals surface area (Å²) in [5, 5.41) is 21.0. The fraction of sp³-hybridized carbons (Fsp3) is 0.217. The summed E-state index contributed by atoms with van der Waals surface area (Å²) >= 11 is 1.21. The van der Waals surface area contributed by atoms with Crippen LogP contribution in [0.3, 0.4) is 0 Å². The lowest BCUT2D eigenvalue weighted by Crippen LogP contribution is -2.13. The molecule has 0 unspecified atom stereocenters. The van der Waals surface area contributed by atoms with Crippen LogP contribution in [0, 0.1) is 17.1 Å². The summed E-state index contributed by atoms with van der Waals surface area (Å²) in [4.78, 5) is 12.4. The average Bonchev–Trinajstić information content (AvgIpc) is 3.22. The van der Waals surface area contributed by atoms with Gasteiger partial charge in [0.1, 0.15) is 22.5 Å². The summed E-state index contributed by atoms with van der Waals surface area (Å²) in [5.41, 5.74) is 1.37. The molecule has 164 valence electrons. The maximum Gasteiger partial charge on any atom is 0.268 e. The summed E-state index contributed by atoms with van der Waals surface area (Å²) in [5.74, 6) is 0.335. The van der Waals surface area contributed by atoms with Crippen molar-refractivity contribution in [2.45, 2.75) is 20.3 Å². The first kappa shape index (κ1) is 22.9. The molecule has 3 aromatic rings. The molecule has 0 aliphatic carbocycles. The molecular formula is C23H21FN4O3S. The van der Waals surface area contributed by atoms with Crippen LogP contribution in [0.1, 0.15) is 30.0 Å². The highest BCUT2D eigenvalue weighted by Crippen LogP contribution is 2.30. The molecule has 3 rings (SSSR count). The third kappa shape index (κ3) is 6.12. The van der Waals surface area contributed by atoms with Crippen molar-refractivity contribution in [3.8, 4) is 17.6 Å². The van der Waals surface area contributed by atoms with Crippen LogP contribution in [0.2, 0.25) is 0 Å². The van der Waals surface area contributed by atoms with Gasteiger partial charge in [0.25, 0.3) is 5.91 Å². The summed E-state index contributed by atoms with van der Waals surface area (Å²) in [6, 6.07) is 13.0. The van der Waals surface area contributed by atoms with Crippen molar-refractivity contribution < 1.29 is 18.7 Å². The summed E-state index contributed by atoms with van der Waals surface area (Å²) in [7, 11) is 0. The number of ether oxygens (including phenoxy) is 2. The SMILES string of the molecule is CCOc1ccc(Cc2nnc(NC(=O)/C(C#N)=C\c3ccc(F)cc3)s2)cc1OCC. The first-order valence-electron chi connectivity index (χ1n) is 9.92. The monoisotopic (exact) mass is 452 g/mol. The molecule has 9 heteroatoms. The fourth-order valence-corrected chi connectivity index (χ4v) is 3.56. The Kier molecular flexibility index (Phi) is 7.89. The highest BCUT2D eigenvalue weighted by Gasteiger charge is 2.14. The van der Waals surface area contributed by atoms with Crippen molar-refractivity contribution in [1.29, 1.82) is 5.26 Å². The number of hydrogen-bond donors (Lipinski definition) is 1. The van der Waals surface area contributed by atoms with E-state index in [0.717, 1.165) is 5.56 Å². The lowest BCUT2D eigenvalue weighted by molar-refractivity contribution is -0.112. The first-order chi connectivity index (χ1) is 15.5. The number of nitriles is 1. The largest absolute Gasteiger partial charge is 0.490 e. The third-order valence-corrected chi connectivity index (χ3v) is 5.04. The molecule has 1 heterocycles. The van der Waals surface area contributed by atoms with Crippen LogP contribution in [-0.4, -0.2) is 29.3 Å². The topological polar surface area (TPSA) is 97.1 Å². The number of halogens is 1. The Hall–Kier alpha value is -3.77. The number of hydrogen-bond acceptors (Lipinski definition) is 7. The van der Waals surface area contributed by atoms with Gasteiger partial charge in [-0.2, -0.15) is 5.26 Å². The first-order valence-corrected chi connectivity index (χ1v) is 10.7. The quantitative estimate of drug-likeness (QED) is 0.376. The Balaban J connectivity index is 1.69. The summed E-state index contributed by atoms with van der Waals surface area (Å²) < 4.78 is 24.3. The van der Waals surface area contributed by atoms with Gasteiger partial charge in [0.15, 0.2) is 11.5 Å². The van der Waals surface area contributed by atoms with Crippen LogP contribution in [0.25, 0.3) is 6.08 Å². The summed E-state index contributed by atoms with van der Waals surface area (Å²) in [6.45, 7) is 4.87. The van der Waals surface area contributed by atoms with E-state index in [1.165, 1.54) is 41.7 Å². The van der Waals surface area contributed by atoms with Crippen molar-refractivity contribution in [2.75, 3.05) is 18.5 Å². The molecule has 0 spiro atoms. The second kappa shape index (κ2) is 11.0. The lowest BCUT2D eigenvalue weighted by atomic mass is 10.1. The predicted octanol–water partition coefficient (Wildman–Crippen LogP) is 4.61. The van der Waals surface area contributed by atoms with Crippen molar-refractivity contribution in [2.24, 2.45) is 0 Å². The molecule has 1 N–H and O–H groups in total. The van der Waals surface area contributed by atoms with E-state index in [9.17, 15) is 14.4 Å². The van der Waals surface area contributed by atoms with E-state index in [0.29, 0.717) is 41.7 Å². The fourth-order valence-electron chi connectivity index (χ4n) is 2.79. The van der Waals surface area contributed by atoms with Gasteiger partial charge in [0, 0.05) is 6.42 Å². The Labute approximate surface area is 189 Å². The van der Waals surface area contributed by atoms with Gasteiger partial charge in [-0.05, 0) is 55.3 Å². The van der Waals surface area contributed by atoms with E-state index in [4.69, 9.17) is 9.47 Å². The van der Waals surface area contributed by atoms with E-state index in [1.54, 1.807) is 0 Å². The van der Waals surface area contributed by atoms with Gasteiger partial charge in [-0.1, -0.05) is 29.5 Å². The lowest BCUT2D eigenvalue weighted by Gasteiger charge is -2.11. The molecule has 0 aliphatic rings. The Morgan fingerprint density at radius 3 is 2.53 bits per heavy atom. The Morgan fingerprint density at radius 2 is 1.84 bits per heavy atom. The van der Waals surface area contributed by atoms with Gasteiger partial charge < -0.3 is 9.47 Å². The zero-order chi connectivity index (χ0) is 22.9. The number of rotatable bonds is 9. The van der Waals surface area contributed by atoms with Gasteiger partial charge in [-0.25, -0.2) is 4.39 Å². The average molecular weight is 453 g/mol. The minimum atomic E-state index is -0.612. The molecule has 0 fully saturated rings. The van der Waals surface area contributed by atoms with Crippen molar-refractivity contribution in [3.05, 3.63) is 70.0 Å². The molecule has 0 saturated carbocycles. The molecule has 32 heavy (non-hydrogen) atoms. The molecule has 1 amide bonds. The number of aromatic nitrogens is 2. The highest BCUT2D eigenvalue weighted by atomic mass is 32.1. The number of nitrogens with zero attached hydrogens (tertiary/aromatic N) is 3. The molecule has 1 aromatic heterocycles. The van der Waals surface area contributed by atoms with Crippen LogP contribution in [0.15, 0.2) is 48.0 Å². The van der Waals surface area contributed by atoms with Crippen LogP contribution in [-0.2, 0) is 11.2 Å². The van der Waals surface area contributed by atoms with Gasteiger partial charge >= 0.3 is 0 Å². The Bertz CT molecular complexity index is 1150. The van der Waals surface area contributed by atoms with Gasteiger partial charge in [-0.15, -0.1) is 10.2 Å². The van der Waals surface area contributed by atoms with Crippen molar-refractivity contribution in [1.82, 2.24) is 10.2 Å². The van der Waals surface area contributed by atoms with Crippen molar-refractivity contribution >= 4 is 28.5 Å². The maximum absolute atomic E-state index is 13.0. The zero-order valence-electron chi connectivity index (χ0n) is 17.6. The number of nitrogens with one attached hydrogen (secondary N) is 1. The second-order valence-corrected chi connectivity index (χ2v) is 7.56. The molecule has 2 aromatic carbocycles. The van der Waals surface area contributed by atoms with Gasteiger partial charge in [0.2, 0.25) is 5.13 Å². The van der Waals surface area contributed by atoms with E-state index >= 15 is 0 Å². The molecule has 0 aliphatic heterocycles. The number of carbonyl (C=O) groups is 1. The van der Waals surface area contributed by atoms with Crippen LogP contribution >= 0.6 is 11.3 Å². The maximum atomic E-state index is 13.0. The molecule has 0 atom stereocenters. The smallest absolute Gasteiger partial charge is 0.268 e. The number of anilines is 1. The van der Waals surface area contributed by atoms with E-state index in [-0.39, 0.29) is 10.7 Å². The minimum Gasteiger partial charge on any atom is -0.490 e. The van der Waals surface area contributed by atoms with E-state index < -0.39 is 11.7 Å². The molecule has 0 bridgehead atoms. The predicted molar refractivity (Wildman–Crippen MR) is 120 cm³/mol.